The molecule has 78 valence electrons. The Labute approximate surface area is 89.2 Å². The Morgan fingerprint density at radius 3 is 2.43 bits per heavy atom. The predicted molar refractivity (Wildman–Crippen MR) is 61.4 cm³/mol. The second kappa shape index (κ2) is 3.70. The van der Waals surface area contributed by atoms with Gasteiger partial charge in [-0.3, -0.25) is 4.31 Å². The fourth-order valence-corrected chi connectivity index (χ4v) is 1.62. The lowest BCUT2D eigenvalue weighted by molar-refractivity contribution is 0.600. The van der Waals surface area contributed by atoms with Gasteiger partial charge in [0.15, 0.2) is 0 Å². The summed E-state index contributed by atoms with van der Waals surface area (Å²) in [5, 5.41) is 0. The molecule has 0 aliphatic heterocycles. The van der Waals surface area contributed by atoms with Gasteiger partial charge in [-0.15, -0.1) is 12.6 Å². The summed E-state index contributed by atoms with van der Waals surface area (Å²) in [5.74, 6) is 0. The zero-order chi connectivity index (χ0) is 10.9. The van der Waals surface area contributed by atoms with Gasteiger partial charge in [-0.1, -0.05) is 0 Å². The highest BCUT2D eigenvalue weighted by Crippen LogP contribution is 2.24. The van der Waals surface area contributed by atoms with Gasteiger partial charge < -0.3 is 5.73 Å². The summed E-state index contributed by atoms with van der Waals surface area (Å²) in [4.78, 5) is 0.568. The van der Waals surface area contributed by atoms with Crippen molar-refractivity contribution < 1.29 is 8.42 Å². The molecule has 0 amide bonds. The Hall–Kier alpha value is -0.880. The van der Waals surface area contributed by atoms with E-state index in [1.807, 2.05) is 0 Å². The third kappa shape index (κ3) is 2.33. The van der Waals surface area contributed by atoms with Crippen LogP contribution in [0, 0.1) is 0 Å². The van der Waals surface area contributed by atoms with Crippen LogP contribution >= 0.6 is 12.6 Å². The molecule has 1 aromatic carbocycles. The van der Waals surface area contributed by atoms with Crippen molar-refractivity contribution in [2.24, 2.45) is 0 Å². The molecule has 0 atom stereocenters. The molecule has 0 fully saturated rings. The number of sulfonamides is 1. The summed E-state index contributed by atoms with van der Waals surface area (Å²) >= 11 is 4.11. The molecule has 0 bridgehead atoms. The van der Waals surface area contributed by atoms with E-state index in [2.05, 4.69) is 12.6 Å². The Morgan fingerprint density at radius 2 is 2.00 bits per heavy atom. The molecule has 6 heteroatoms. The predicted octanol–water partition coefficient (Wildman–Crippen LogP) is 0.953. The number of anilines is 2. The maximum Gasteiger partial charge on any atom is 0.231 e. The number of benzene rings is 1. The standard InChI is InChI=1S/C8H12N2O2S2/c1-10(14(2,11)12)6-3-4-7(9)8(13)5-6/h3-5,13H,9H2,1-2H3. The molecule has 0 unspecified atom stereocenters. The van der Waals surface area contributed by atoms with Crippen LogP contribution in [0.4, 0.5) is 11.4 Å². The molecule has 2 N–H and O–H groups in total. The molecule has 0 saturated heterocycles. The quantitative estimate of drug-likeness (QED) is 0.589. The van der Waals surface area contributed by atoms with Crippen molar-refractivity contribution in [2.75, 3.05) is 23.3 Å². The number of nitrogens with zero attached hydrogens (tertiary/aromatic N) is 1. The number of rotatable bonds is 2. The van der Waals surface area contributed by atoms with E-state index in [-0.39, 0.29) is 0 Å². The molecule has 0 saturated carbocycles. The van der Waals surface area contributed by atoms with Gasteiger partial charge >= 0.3 is 0 Å². The van der Waals surface area contributed by atoms with Crippen molar-refractivity contribution in [3.05, 3.63) is 18.2 Å². The van der Waals surface area contributed by atoms with Gasteiger partial charge in [-0.2, -0.15) is 0 Å². The minimum absolute atomic E-state index is 0.527. The average Bonchev–Trinajstić information content (AvgIpc) is 2.07. The number of thiol groups is 1. The molecule has 0 heterocycles. The fraction of sp³-hybridized carbons (Fsp3) is 0.250. The highest BCUT2D eigenvalue weighted by molar-refractivity contribution is 7.92. The monoisotopic (exact) mass is 232 g/mol. The lowest BCUT2D eigenvalue weighted by atomic mass is 10.3. The van der Waals surface area contributed by atoms with E-state index in [1.165, 1.54) is 11.4 Å². The molecule has 1 aromatic rings. The third-order valence-electron chi connectivity index (χ3n) is 1.88. The largest absolute Gasteiger partial charge is 0.398 e. The van der Waals surface area contributed by atoms with Gasteiger partial charge in [0.05, 0.1) is 11.9 Å². The van der Waals surface area contributed by atoms with E-state index in [1.54, 1.807) is 18.2 Å². The van der Waals surface area contributed by atoms with E-state index in [9.17, 15) is 8.42 Å². The zero-order valence-corrected chi connectivity index (χ0v) is 9.64. The molecule has 0 radical (unpaired) electrons. The van der Waals surface area contributed by atoms with Crippen LogP contribution in [-0.4, -0.2) is 21.7 Å². The van der Waals surface area contributed by atoms with E-state index in [0.29, 0.717) is 16.3 Å². The van der Waals surface area contributed by atoms with Crippen LogP contribution in [-0.2, 0) is 10.0 Å². The molecule has 4 nitrogen and oxygen atoms in total. The minimum Gasteiger partial charge on any atom is -0.398 e. The van der Waals surface area contributed by atoms with Crippen molar-refractivity contribution in [3.8, 4) is 0 Å². The van der Waals surface area contributed by atoms with Crippen LogP contribution in [0.15, 0.2) is 23.1 Å². The number of nitrogens with two attached hydrogens (primary N) is 1. The van der Waals surface area contributed by atoms with Crippen molar-refractivity contribution in [2.45, 2.75) is 4.90 Å². The molecule has 14 heavy (non-hydrogen) atoms. The van der Waals surface area contributed by atoms with Crippen molar-refractivity contribution in [1.82, 2.24) is 0 Å². The van der Waals surface area contributed by atoms with Gasteiger partial charge in [-0.25, -0.2) is 8.42 Å². The Balaban J connectivity index is 3.16. The van der Waals surface area contributed by atoms with E-state index < -0.39 is 10.0 Å². The average molecular weight is 232 g/mol. The number of hydrogen-bond acceptors (Lipinski definition) is 4. The van der Waals surface area contributed by atoms with Crippen molar-refractivity contribution in [3.63, 3.8) is 0 Å². The number of nitrogen functional groups attached to an aromatic ring is 1. The van der Waals surface area contributed by atoms with Gasteiger partial charge in [-0.05, 0) is 18.2 Å². The van der Waals surface area contributed by atoms with Crippen molar-refractivity contribution in [1.29, 1.82) is 0 Å². The molecular formula is C8H12N2O2S2. The highest BCUT2D eigenvalue weighted by Gasteiger charge is 2.12. The summed E-state index contributed by atoms with van der Waals surface area (Å²) in [6, 6.07) is 4.87. The van der Waals surface area contributed by atoms with Crippen LogP contribution < -0.4 is 10.0 Å². The van der Waals surface area contributed by atoms with E-state index in [0.717, 1.165) is 6.26 Å². The number of hydrogen-bond donors (Lipinski definition) is 2. The Bertz CT molecular complexity index is 443. The molecular weight excluding hydrogens is 220 g/mol. The second-order valence-corrected chi connectivity index (χ2v) is 5.47. The first-order valence-electron chi connectivity index (χ1n) is 3.85. The van der Waals surface area contributed by atoms with Gasteiger partial charge in [0.2, 0.25) is 10.0 Å². The molecule has 1 rings (SSSR count). The maximum absolute atomic E-state index is 11.2. The Kier molecular flexibility index (Phi) is 2.96. The molecule has 0 spiro atoms. The first kappa shape index (κ1) is 11.2. The first-order valence-corrected chi connectivity index (χ1v) is 6.14. The zero-order valence-electron chi connectivity index (χ0n) is 7.93. The summed E-state index contributed by atoms with van der Waals surface area (Å²) in [6.45, 7) is 0. The third-order valence-corrected chi connectivity index (χ3v) is 3.47. The van der Waals surface area contributed by atoms with E-state index in [4.69, 9.17) is 5.73 Å². The molecule has 0 aromatic heterocycles. The maximum atomic E-state index is 11.2. The summed E-state index contributed by atoms with van der Waals surface area (Å²) in [5.41, 5.74) is 6.63. The normalized spacial score (nSPS) is 11.4. The summed E-state index contributed by atoms with van der Waals surface area (Å²) in [6.07, 6.45) is 1.14. The van der Waals surface area contributed by atoms with Crippen LogP contribution in [0.1, 0.15) is 0 Å². The SMILES string of the molecule is CN(c1ccc(N)c(S)c1)S(C)(=O)=O. The fourth-order valence-electron chi connectivity index (χ4n) is 0.919. The van der Waals surface area contributed by atoms with Crippen LogP contribution in [0.25, 0.3) is 0 Å². The lowest BCUT2D eigenvalue weighted by Crippen LogP contribution is -2.24. The summed E-state index contributed by atoms with van der Waals surface area (Å²) < 4.78 is 23.6. The smallest absolute Gasteiger partial charge is 0.231 e. The van der Waals surface area contributed by atoms with Crippen molar-refractivity contribution >= 4 is 34.0 Å². The summed E-state index contributed by atoms with van der Waals surface area (Å²) in [7, 11) is -1.75. The van der Waals surface area contributed by atoms with Gasteiger partial charge in [0.25, 0.3) is 0 Å². The second-order valence-electron chi connectivity index (χ2n) is 2.97. The van der Waals surface area contributed by atoms with Crippen LogP contribution in [0.3, 0.4) is 0 Å². The van der Waals surface area contributed by atoms with E-state index >= 15 is 0 Å². The lowest BCUT2D eigenvalue weighted by Gasteiger charge is -2.17. The molecule has 0 aliphatic carbocycles. The highest BCUT2D eigenvalue weighted by atomic mass is 32.2. The van der Waals surface area contributed by atoms with Crippen LogP contribution in [0.2, 0.25) is 0 Å². The van der Waals surface area contributed by atoms with Gasteiger partial charge in [0.1, 0.15) is 0 Å². The topological polar surface area (TPSA) is 63.4 Å². The van der Waals surface area contributed by atoms with Gasteiger partial charge in [0, 0.05) is 17.6 Å². The Morgan fingerprint density at radius 1 is 1.43 bits per heavy atom. The van der Waals surface area contributed by atoms with Crippen LogP contribution in [0.5, 0.6) is 0 Å². The molecule has 0 aliphatic rings. The minimum atomic E-state index is -3.23. The first-order chi connectivity index (χ1) is 6.32.